The highest BCUT2D eigenvalue weighted by molar-refractivity contribution is 7.71. The maximum absolute atomic E-state index is 13.0. The van der Waals surface area contributed by atoms with Crippen LogP contribution in [0.2, 0.25) is 0 Å². The van der Waals surface area contributed by atoms with Gasteiger partial charge in [-0.15, -0.1) is 0 Å². The first-order valence-electron chi connectivity index (χ1n) is 10.1. The summed E-state index contributed by atoms with van der Waals surface area (Å²) in [7, 11) is 0. The normalized spacial score (nSPS) is 11.0. The van der Waals surface area contributed by atoms with E-state index in [2.05, 4.69) is 25.5 Å². The molecule has 158 valence electrons. The van der Waals surface area contributed by atoms with E-state index < -0.39 is 0 Å². The summed E-state index contributed by atoms with van der Waals surface area (Å²) in [4.78, 5) is 21.0. The summed E-state index contributed by atoms with van der Waals surface area (Å²) in [5.41, 5.74) is 5.29. The van der Waals surface area contributed by atoms with Crippen molar-refractivity contribution in [2.24, 2.45) is 0 Å². The number of carbonyl (C=O) groups excluding carboxylic acids is 1. The molecule has 2 heterocycles. The van der Waals surface area contributed by atoms with Gasteiger partial charge in [0.1, 0.15) is 12.4 Å². The summed E-state index contributed by atoms with van der Waals surface area (Å²) in [6, 6.07) is 23.3. The zero-order valence-corrected chi connectivity index (χ0v) is 18.1. The van der Waals surface area contributed by atoms with Gasteiger partial charge < -0.3 is 10.3 Å². The molecule has 0 unspecified atom stereocenters. The molecule has 5 aromatic rings. The summed E-state index contributed by atoms with van der Waals surface area (Å²) in [5.74, 6) is 1.11. The van der Waals surface area contributed by atoms with Crippen molar-refractivity contribution in [3.05, 3.63) is 83.1 Å². The van der Waals surface area contributed by atoms with Crippen molar-refractivity contribution in [3.63, 3.8) is 0 Å². The number of aromatic amines is 2. The van der Waals surface area contributed by atoms with Gasteiger partial charge in [0.25, 0.3) is 0 Å². The predicted octanol–water partition coefficient (Wildman–Crippen LogP) is 5.10. The number of imidazole rings is 1. The molecule has 3 aromatic carbocycles. The lowest BCUT2D eigenvalue weighted by Gasteiger charge is -2.11. The highest BCUT2D eigenvalue weighted by Crippen LogP contribution is 2.27. The van der Waals surface area contributed by atoms with E-state index in [0.717, 1.165) is 27.7 Å². The zero-order valence-electron chi connectivity index (χ0n) is 17.3. The maximum Gasteiger partial charge on any atom is 0.244 e. The second-order valence-electron chi connectivity index (χ2n) is 7.50. The number of benzene rings is 3. The third-order valence-electron chi connectivity index (χ3n) is 5.18. The molecule has 0 aliphatic rings. The van der Waals surface area contributed by atoms with Crippen LogP contribution in [0.25, 0.3) is 33.8 Å². The SMILES string of the molecule is Cc1cccc(-c2n[nH]c(=S)n2CC(=O)Nc2ccccc2-c2nc3ccccc3[nH]2)c1. The van der Waals surface area contributed by atoms with Crippen LogP contribution in [-0.4, -0.2) is 30.6 Å². The molecule has 0 aliphatic heterocycles. The predicted molar refractivity (Wildman–Crippen MR) is 128 cm³/mol. The van der Waals surface area contributed by atoms with Crippen molar-refractivity contribution in [3.8, 4) is 22.8 Å². The molecule has 32 heavy (non-hydrogen) atoms. The van der Waals surface area contributed by atoms with Gasteiger partial charge in [0.2, 0.25) is 5.91 Å². The van der Waals surface area contributed by atoms with Gasteiger partial charge >= 0.3 is 0 Å². The number of aryl methyl sites for hydroxylation is 1. The molecule has 0 aliphatic carbocycles. The van der Waals surface area contributed by atoms with Crippen LogP contribution in [0.1, 0.15) is 5.56 Å². The minimum atomic E-state index is -0.208. The first-order chi connectivity index (χ1) is 15.6. The van der Waals surface area contributed by atoms with Crippen LogP contribution in [0, 0.1) is 11.7 Å². The van der Waals surface area contributed by atoms with Gasteiger partial charge in [-0.3, -0.25) is 14.5 Å². The van der Waals surface area contributed by atoms with Gasteiger partial charge in [0, 0.05) is 11.1 Å². The van der Waals surface area contributed by atoms with Crippen LogP contribution in [0.3, 0.4) is 0 Å². The van der Waals surface area contributed by atoms with Crippen LogP contribution < -0.4 is 5.32 Å². The molecule has 1 amide bonds. The number of aromatic nitrogens is 5. The van der Waals surface area contributed by atoms with E-state index in [1.165, 1.54) is 0 Å². The first-order valence-corrected chi connectivity index (χ1v) is 10.6. The monoisotopic (exact) mass is 440 g/mol. The van der Waals surface area contributed by atoms with Gasteiger partial charge in [-0.05, 0) is 49.5 Å². The van der Waals surface area contributed by atoms with Crippen molar-refractivity contribution in [2.45, 2.75) is 13.5 Å². The van der Waals surface area contributed by atoms with Crippen LogP contribution in [-0.2, 0) is 11.3 Å². The Morgan fingerprint density at radius 2 is 1.88 bits per heavy atom. The largest absolute Gasteiger partial charge is 0.338 e. The molecule has 0 spiro atoms. The number of anilines is 1. The minimum Gasteiger partial charge on any atom is -0.338 e. The quantitative estimate of drug-likeness (QED) is 0.332. The van der Waals surface area contributed by atoms with E-state index in [4.69, 9.17) is 12.2 Å². The lowest BCUT2D eigenvalue weighted by Crippen LogP contribution is -2.20. The molecular weight excluding hydrogens is 420 g/mol. The second-order valence-corrected chi connectivity index (χ2v) is 7.89. The molecule has 0 radical (unpaired) electrons. The van der Waals surface area contributed by atoms with Gasteiger partial charge in [0.15, 0.2) is 10.6 Å². The van der Waals surface area contributed by atoms with Crippen molar-refractivity contribution in [1.29, 1.82) is 0 Å². The number of hydrogen-bond donors (Lipinski definition) is 3. The molecule has 2 aromatic heterocycles. The number of nitrogens with zero attached hydrogens (tertiary/aromatic N) is 3. The Bertz CT molecular complexity index is 1460. The fraction of sp³-hybridized carbons (Fsp3) is 0.0833. The Morgan fingerprint density at radius 1 is 1.06 bits per heavy atom. The standard InChI is InChI=1S/C24H20N6OS/c1-15-7-6-8-16(13-15)23-28-29-24(32)30(23)14-21(31)25-18-10-3-2-9-17(18)22-26-19-11-4-5-12-20(19)27-22/h2-13H,14H2,1H3,(H,25,31)(H,26,27)(H,29,32). The van der Waals surface area contributed by atoms with Crippen molar-refractivity contribution < 1.29 is 4.79 Å². The number of amides is 1. The lowest BCUT2D eigenvalue weighted by atomic mass is 10.1. The van der Waals surface area contributed by atoms with Gasteiger partial charge in [-0.25, -0.2) is 4.98 Å². The smallest absolute Gasteiger partial charge is 0.244 e. The van der Waals surface area contributed by atoms with E-state index in [-0.39, 0.29) is 12.5 Å². The molecular formula is C24H20N6OS. The van der Waals surface area contributed by atoms with Crippen LogP contribution in [0.5, 0.6) is 0 Å². The first kappa shape index (κ1) is 19.9. The summed E-state index contributed by atoms with van der Waals surface area (Å²) < 4.78 is 2.09. The number of rotatable bonds is 5. The number of nitrogens with one attached hydrogen (secondary N) is 3. The van der Waals surface area contributed by atoms with E-state index >= 15 is 0 Å². The second kappa shape index (κ2) is 8.24. The molecule has 0 bridgehead atoms. The molecule has 7 nitrogen and oxygen atoms in total. The molecule has 3 N–H and O–H groups in total. The van der Waals surface area contributed by atoms with Crippen molar-refractivity contribution in [1.82, 2.24) is 24.7 Å². The maximum atomic E-state index is 13.0. The molecule has 0 saturated carbocycles. The summed E-state index contributed by atoms with van der Waals surface area (Å²) in [6.45, 7) is 2.05. The van der Waals surface area contributed by atoms with Crippen LogP contribution >= 0.6 is 12.2 Å². The van der Waals surface area contributed by atoms with Crippen LogP contribution in [0.15, 0.2) is 72.8 Å². The van der Waals surface area contributed by atoms with Crippen LogP contribution in [0.4, 0.5) is 5.69 Å². The van der Waals surface area contributed by atoms with E-state index in [1.807, 2.05) is 79.7 Å². The Hall–Kier alpha value is -4.04. The number of fused-ring (bicyclic) bond motifs is 1. The van der Waals surface area contributed by atoms with Crippen molar-refractivity contribution >= 4 is 34.8 Å². The summed E-state index contributed by atoms with van der Waals surface area (Å²) >= 11 is 5.38. The number of hydrogen-bond acceptors (Lipinski definition) is 4. The minimum absolute atomic E-state index is 0.0348. The van der Waals surface area contributed by atoms with Gasteiger partial charge in [-0.1, -0.05) is 48.0 Å². The highest BCUT2D eigenvalue weighted by Gasteiger charge is 2.15. The number of para-hydroxylation sites is 3. The third kappa shape index (κ3) is 3.83. The van der Waals surface area contributed by atoms with E-state index in [0.29, 0.717) is 22.1 Å². The van der Waals surface area contributed by atoms with Crippen molar-refractivity contribution in [2.75, 3.05) is 5.32 Å². The zero-order chi connectivity index (χ0) is 22.1. The number of H-pyrrole nitrogens is 2. The average molecular weight is 441 g/mol. The molecule has 0 fully saturated rings. The topological polar surface area (TPSA) is 91.4 Å². The summed E-state index contributed by atoms with van der Waals surface area (Å²) in [6.07, 6.45) is 0. The Morgan fingerprint density at radius 3 is 2.72 bits per heavy atom. The van der Waals surface area contributed by atoms with Gasteiger partial charge in [-0.2, -0.15) is 5.10 Å². The lowest BCUT2D eigenvalue weighted by molar-refractivity contribution is -0.116. The molecule has 0 saturated heterocycles. The van der Waals surface area contributed by atoms with Gasteiger partial charge in [0.05, 0.1) is 16.7 Å². The molecule has 8 heteroatoms. The number of carbonyl (C=O) groups is 1. The van der Waals surface area contributed by atoms with E-state index in [9.17, 15) is 4.79 Å². The fourth-order valence-electron chi connectivity index (χ4n) is 3.68. The highest BCUT2D eigenvalue weighted by atomic mass is 32.1. The fourth-order valence-corrected chi connectivity index (χ4v) is 3.88. The van der Waals surface area contributed by atoms with E-state index in [1.54, 1.807) is 4.57 Å². The third-order valence-corrected chi connectivity index (χ3v) is 5.49. The summed E-state index contributed by atoms with van der Waals surface area (Å²) in [5, 5.41) is 10.1. The Labute approximate surface area is 189 Å². The molecule has 5 rings (SSSR count). The Kier molecular flexibility index (Phi) is 5.12. The Balaban J connectivity index is 1.43. The molecule has 0 atom stereocenters. The average Bonchev–Trinajstić information content (AvgIpc) is 3.38.